The van der Waals surface area contributed by atoms with Crippen LogP contribution in [0.15, 0.2) is 12.2 Å². The lowest BCUT2D eigenvalue weighted by Crippen LogP contribution is -2.62. The summed E-state index contributed by atoms with van der Waals surface area (Å²) in [5.41, 5.74) is -0.567. The summed E-state index contributed by atoms with van der Waals surface area (Å²) in [6, 6.07) is -0.514. The fourth-order valence-electron chi connectivity index (χ4n) is 3.39. The van der Waals surface area contributed by atoms with E-state index in [1.807, 2.05) is 26.0 Å². The summed E-state index contributed by atoms with van der Waals surface area (Å²) < 4.78 is 5.79. The van der Waals surface area contributed by atoms with E-state index >= 15 is 0 Å². The number of amides is 2. The second-order valence-corrected chi connectivity index (χ2v) is 6.50. The average molecular weight is 334 g/mol. The van der Waals surface area contributed by atoms with Gasteiger partial charge >= 0.3 is 0 Å². The van der Waals surface area contributed by atoms with E-state index < -0.39 is 5.60 Å². The van der Waals surface area contributed by atoms with Gasteiger partial charge in [-0.1, -0.05) is 25.5 Å². The fourth-order valence-corrected chi connectivity index (χ4v) is 3.39. The molecule has 0 aliphatic carbocycles. The van der Waals surface area contributed by atoms with Gasteiger partial charge in [0, 0.05) is 32.3 Å². The molecule has 5 nitrogen and oxygen atoms in total. The number of carbonyl (C=O) groups is 2. The van der Waals surface area contributed by atoms with Crippen molar-refractivity contribution >= 4 is 11.8 Å². The van der Waals surface area contributed by atoms with E-state index in [0.29, 0.717) is 12.8 Å². The lowest BCUT2D eigenvalue weighted by Gasteiger charge is -2.41. The van der Waals surface area contributed by atoms with Crippen LogP contribution in [0.1, 0.15) is 52.9 Å². The molecule has 1 aliphatic heterocycles. The summed E-state index contributed by atoms with van der Waals surface area (Å²) in [5, 5.41) is 6.09. The number of terminal acetylenes is 1. The number of methoxy groups -OCH3 is 1. The smallest absolute Gasteiger partial charge is 0.221 e. The quantitative estimate of drug-likeness (QED) is 0.502. The predicted molar refractivity (Wildman–Crippen MR) is 95.2 cm³/mol. The lowest BCUT2D eigenvalue weighted by atomic mass is 9.81. The first-order valence-electron chi connectivity index (χ1n) is 8.62. The van der Waals surface area contributed by atoms with Gasteiger partial charge in [-0.05, 0) is 20.3 Å². The predicted octanol–water partition coefficient (Wildman–Crippen LogP) is 2.17. The van der Waals surface area contributed by atoms with E-state index in [1.54, 1.807) is 7.11 Å². The molecule has 0 aromatic rings. The molecular weight excluding hydrogens is 304 g/mol. The molecule has 0 saturated carbocycles. The van der Waals surface area contributed by atoms with Crippen molar-refractivity contribution < 1.29 is 14.3 Å². The van der Waals surface area contributed by atoms with Gasteiger partial charge in [0.15, 0.2) is 0 Å². The van der Waals surface area contributed by atoms with Crippen molar-refractivity contribution in [1.82, 2.24) is 10.6 Å². The Hall–Kier alpha value is -1.80. The van der Waals surface area contributed by atoms with Crippen molar-refractivity contribution in [2.75, 3.05) is 7.11 Å². The van der Waals surface area contributed by atoms with E-state index in [1.165, 1.54) is 0 Å². The number of allylic oxidation sites excluding steroid dienone is 1. The summed E-state index contributed by atoms with van der Waals surface area (Å²) in [5.74, 6) is 2.40. The van der Waals surface area contributed by atoms with Crippen LogP contribution >= 0.6 is 0 Å². The number of nitrogens with one attached hydrogen (secondary N) is 2. The standard InChI is InChI=1S/C19H30N2O3/c1-6-9-11-15(22)21-18(19(4,24-5)12-8-3)17-14(10-7-2)13-16(23)20-17/h1,7,10,14,17-18H,8-9,11-13H2,2-5H3,(H,20,23)(H,21,22)/b10-7-/t14-,17-,18-,19?/m1/s1. The Bertz CT molecular complexity index is 509. The van der Waals surface area contributed by atoms with Crippen LogP contribution in [0, 0.1) is 18.3 Å². The molecule has 1 heterocycles. The highest BCUT2D eigenvalue weighted by Gasteiger charge is 2.46. The molecule has 5 heteroatoms. The first-order chi connectivity index (χ1) is 11.4. The van der Waals surface area contributed by atoms with Gasteiger partial charge in [0.1, 0.15) is 0 Å². The normalized spacial score (nSPS) is 24.2. The molecule has 1 fully saturated rings. The zero-order valence-corrected chi connectivity index (χ0v) is 15.2. The molecule has 1 rings (SSSR count). The monoisotopic (exact) mass is 334 g/mol. The summed E-state index contributed by atoms with van der Waals surface area (Å²) >= 11 is 0. The molecule has 0 spiro atoms. The maximum absolute atomic E-state index is 12.3. The third-order valence-electron chi connectivity index (χ3n) is 4.69. The van der Waals surface area contributed by atoms with Crippen molar-refractivity contribution in [3.63, 3.8) is 0 Å². The Morgan fingerprint density at radius 2 is 2.33 bits per heavy atom. The second kappa shape index (κ2) is 9.48. The SMILES string of the molecule is C#CCCC(=O)N[C@H]([C@@H]1NC(=O)C[C@H]1/C=C\C)C(C)(CCC)OC. The van der Waals surface area contributed by atoms with Crippen LogP contribution in [0.4, 0.5) is 0 Å². The molecule has 4 atom stereocenters. The molecule has 0 radical (unpaired) electrons. The van der Waals surface area contributed by atoms with E-state index in [0.717, 1.165) is 12.8 Å². The first-order valence-corrected chi connectivity index (χ1v) is 8.62. The summed E-state index contributed by atoms with van der Waals surface area (Å²) in [7, 11) is 1.65. The van der Waals surface area contributed by atoms with Crippen LogP contribution < -0.4 is 10.6 Å². The summed E-state index contributed by atoms with van der Waals surface area (Å²) in [6.07, 6.45) is 12.0. The van der Waals surface area contributed by atoms with Crippen LogP contribution in [0.2, 0.25) is 0 Å². The molecule has 0 bridgehead atoms. The lowest BCUT2D eigenvalue weighted by molar-refractivity contribution is -0.126. The molecule has 134 valence electrons. The Balaban J connectivity index is 3.09. The Kier molecular flexibility index (Phi) is 8.00. The van der Waals surface area contributed by atoms with Gasteiger partial charge in [0.25, 0.3) is 0 Å². The molecule has 0 aromatic heterocycles. The van der Waals surface area contributed by atoms with Gasteiger partial charge in [-0.2, -0.15) is 0 Å². The van der Waals surface area contributed by atoms with Gasteiger partial charge in [0.05, 0.1) is 17.7 Å². The van der Waals surface area contributed by atoms with Crippen molar-refractivity contribution in [2.24, 2.45) is 5.92 Å². The van der Waals surface area contributed by atoms with Crippen LogP contribution in [-0.4, -0.2) is 36.6 Å². The molecular formula is C19H30N2O3. The van der Waals surface area contributed by atoms with E-state index in [9.17, 15) is 9.59 Å². The van der Waals surface area contributed by atoms with Crippen molar-refractivity contribution in [3.8, 4) is 12.3 Å². The van der Waals surface area contributed by atoms with Gasteiger partial charge < -0.3 is 15.4 Å². The Morgan fingerprint density at radius 3 is 2.88 bits per heavy atom. The summed E-state index contributed by atoms with van der Waals surface area (Å²) in [6.45, 7) is 5.99. The van der Waals surface area contributed by atoms with Crippen LogP contribution in [0.25, 0.3) is 0 Å². The summed E-state index contributed by atoms with van der Waals surface area (Å²) in [4.78, 5) is 24.2. The van der Waals surface area contributed by atoms with Gasteiger partial charge in [-0.3, -0.25) is 9.59 Å². The minimum Gasteiger partial charge on any atom is -0.376 e. The van der Waals surface area contributed by atoms with Crippen LogP contribution in [0.3, 0.4) is 0 Å². The fraction of sp³-hybridized carbons (Fsp3) is 0.684. The Labute approximate surface area is 145 Å². The van der Waals surface area contributed by atoms with Crippen LogP contribution in [0.5, 0.6) is 0 Å². The van der Waals surface area contributed by atoms with Crippen LogP contribution in [-0.2, 0) is 14.3 Å². The van der Waals surface area contributed by atoms with Gasteiger partial charge in [-0.15, -0.1) is 12.3 Å². The molecule has 0 aromatic carbocycles. The highest BCUT2D eigenvalue weighted by Crippen LogP contribution is 2.31. The maximum atomic E-state index is 12.3. The maximum Gasteiger partial charge on any atom is 0.221 e. The van der Waals surface area contributed by atoms with E-state index in [2.05, 4.69) is 23.5 Å². The average Bonchev–Trinajstić information content (AvgIpc) is 2.91. The molecule has 2 N–H and O–H groups in total. The second-order valence-electron chi connectivity index (χ2n) is 6.50. The molecule has 1 saturated heterocycles. The van der Waals surface area contributed by atoms with Crippen molar-refractivity contribution in [1.29, 1.82) is 0 Å². The van der Waals surface area contributed by atoms with Crippen molar-refractivity contribution in [2.45, 2.75) is 70.6 Å². The molecule has 1 aliphatic rings. The number of hydrogen-bond donors (Lipinski definition) is 2. The number of carbonyl (C=O) groups excluding carboxylic acids is 2. The zero-order valence-electron chi connectivity index (χ0n) is 15.2. The first kappa shape index (κ1) is 20.2. The van der Waals surface area contributed by atoms with Gasteiger partial charge in [0.2, 0.25) is 11.8 Å². The third-order valence-corrected chi connectivity index (χ3v) is 4.69. The molecule has 2 amide bonds. The van der Waals surface area contributed by atoms with E-state index in [4.69, 9.17) is 11.2 Å². The van der Waals surface area contributed by atoms with Gasteiger partial charge in [-0.25, -0.2) is 0 Å². The Morgan fingerprint density at radius 1 is 1.62 bits per heavy atom. The molecule has 24 heavy (non-hydrogen) atoms. The minimum absolute atomic E-state index is 0.000857. The number of ether oxygens (including phenoxy) is 1. The van der Waals surface area contributed by atoms with Crippen molar-refractivity contribution in [3.05, 3.63) is 12.2 Å². The largest absolute Gasteiger partial charge is 0.376 e. The highest BCUT2D eigenvalue weighted by atomic mass is 16.5. The van der Waals surface area contributed by atoms with E-state index in [-0.39, 0.29) is 36.2 Å². The number of rotatable bonds is 9. The topological polar surface area (TPSA) is 67.4 Å². The minimum atomic E-state index is -0.567. The molecule has 1 unspecified atom stereocenters. The zero-order chi connectivity index (χ0) is 18.2. The number of hydrogen-bond acceptors (Lipinski definition) is 3. The third kappa shape index (κ3) is 5.10. The highest BCUT2D eigenvalue weighted by molar-refractivity contribution is 5.80.